The fourth-order valence-corrected chi connectivity index (χ4v) is 1.91. The maximum Gasteiger partial charge on any atom is 0.335 e. The van der Waals surface area contributed by atoms with E-state index in [0.717, 1.165) is 11.4 Å². The molecule has 20 heavy (non-hydrogen) atoms. The van der Waals surface area contributed by atoms with Crippen LogP contribution in [0.4, 0.5) is 17.1 Å². The lowest BCUT2D eigenvalue weighted by molar-refractivity contribution is 0.0697. The molecule has 3 N–H and O–H groups in total. The Kier molecular flexibility index (Phi) is 3.79. The van der Waals surface area contributed by atoms with E-state index in [1.54, 1.807) is 19.2 Å². The van der Waals surface area contributed by atoms with Crippen LogP contribution in [-0.4, -0.2) is 25.2 Å². The predicted molar refractivity (Wildman–Crippen MR) is 78.9 cm³/mol. The van der Waals surface area contributed by atoms with E-state index >= 15 is 0 Å². The topological polar surface area (TPSA) is 75.8 Å². The Morgan fingerprint density at radius 3 is 2.40 bits per heavy atom. The van der Waals surface area contributed by atoms with Gasteiger partial charge in [0, 0.05) is 12.7 Å². The average Bonchev–Trinajstić information content (AvgIpc) is 2.47. The Bertz CT molecular complexity index is 624. The molecule has 0 spiro atoms. The lowest BCUT2D eigenvalue weighted by Gasteiger charge is -2.22. The van der Waals surface area contributed by atoms with Crippen molar-refractivity contribution in [2.75, 3.05) is 24.8 Å². The Hall–Kier alpha value is -2.69. The second-order valence-corrected chi connectivity index (χ2v) is 4.34. The van der Waals surface area contributed by atoms with Crippen molar-refractivity contribution in [2.45, 2.75) is 0 Å². The number of methoxy groups -OCH3 is 1. The maximum absolute atomic E-state index is 11.0. The van der Waals surface area contributed by atoms with E-state index in [0.29, 0.717) is 11.4 Å². The normalized spacial score (nSPS) is 10.1. The van der Waals surface area contributed by atoms with Crippen LogP contribution >= 0.6 is 0 Å². The Balaban J connectivity index is 2.38. The molecule has 0 aliphatic carbocycles. The van der Waals surface area contributed by atoms with Crippen LogP contribution in [0.2, 0.25) is 0 Å². The van der Waals surface area contributed by atoms with Crippen molar-refractivity contribution in [3.8, 4) is 5.75 Å². The van der Waals surface area contributed by atoms with E-state index < -0.39 is 5.97 Å². The monoisotopic (exact) mass is 272 g/mol. The number of nitrogens with two attached hydrogens (primary N) is 1. The zero-order valence-electron chi connectivity index (χ0n) is 11.3. The number of benzene rings is 2. The van der Waals surface area contributed by atoms with E-state index in [4.69, 9.17) is 15.6 Å². The minimum absolute atomic E-state index is 0.203. The molecular formula is C15H16N2O3. The first kappa shape index (κ1) is 13.7. The largest absolute Gasteiger partial charge is 0.497 e. The van der Waals surface area contributed by atoms with Gasteiger partial charge in [-0.25, -0.2) is 4.79 Å². The highest BCUT2D eigenvalue weighted by molar-refractivity contribution is 5.91. The van der Waals surface area contributed by atoms with Crippen molar-refractivity contribution in [3.63, 3.8) is 0 Å². The van der Waals surface area contributed by atoms with Gasteiger partial charge in [0.05, 0.1) is 24.0 Å². The molecule has 0 aromatic heterocycles. The van der Waals surface area contributed by atoms with Crippen LogP contribution in [0, 0.1) is 0 Å². The summed E-state index contributed by atoms with van der Waals surface area (Å²) in [5.41, 5.74) is 8.19. The van der Waals surface area contributed by atoms with Gasteiger partial charge in [-0.1, -0.05) is 0 Å². The van der Waals surface area contributed by atoms with Crippen LogP contribution in [0.25, 0.3) is 0 Å². The molecule has 0 saturated carbocycles. The first-order chi connectivity index (χ1) is 9.52. The van der Waals surface area contributed by atoms with Crippen LogP contribution in [0.15, 0.2) is 42.5 Å². The molecule has 2 aromatic rings. The van der Waals surface area contributed by atoms with E-state index in [1.165, 1.54) is 6.07 Å². The van der Waals surface area contributed by atoms with Crippen LogP contribution in [0.5, 0.6) is 5.75 Å². The van der Waals surface area contributed by atoms with Gasteiger partial charge in [0.15, 0.2) is 0 Å². The van der Waals surface area contributed by atoms with Gasteiger partial charge in [-0.3, -0.25) is 0 Å². The fourth-order valence-electron chi connectivity index (χ4n) is 1.91. The molecule has 0 heterocycles. The number of carboxylic acid groups (broad SMARTS) is 1. The molecular weight excluding hydrogens is 256 g/mol. The van der Waals surface area contributed by atoms with Gasteiger partial charge in [0.1, 0.15) is 5.75 Å². The molecule has 5 heteroatoms. The summed E-state index contributed by atoms with van der Waals surface area (Å²) < 4.78 is 5.11. The number of anilines is 3. The van der Waals surface area contributed by atoms with Crippen molar-refractivity contribution in [2.24, 2.45) is 0 Å². The summed E-state index contributed by atoms with van der Waals surface area (Å²) in [6, 6.07) is 12.1. The number of nitrogens with zero attached hydrogens (tertiary/aromatic N) is 1. The molecule has 2 aromatic carbocycles. The Morgan fingerprint density at radius 2 is 1.85 bits per heavy atom. The van der Waals surface area contributed by atoms with Crippen molar-refractivity contribution < 1.29 is 14.6 Å². The van der Waals surface area contributed by atoms with Gasteiger partial charge in [-0.15, -0.1) is 0 Å². The van der Waals surface area contributed by atoms with Crippen LogP contribution in [0.1, 0.15) is 10.4 Å². The molecule has 5 nitrogen and oxygen atoms in total. The van der Waals surface area contributed by atoms with Gasteiger partial charge in [-0.2, -0.15) is 0 Å². The number of aromatic carboxylic acids is 1. The second-order valence-electron chi connectivity index (χ2n) is 4.34. The summed E-state index contributed by atoms with van der Waals surface area (Å²) in [4.78, 5) is 12.9. The zero-order chi connectivity index (χ0) is 14.7. The number of hydrogen-bond acceptors (Lipinski definition) is 4. The fraction of sp³-hybridized carbons (Fsp3) is 0.133. The van der Waals surface area contributed by atoms with Gasteiger partial charge in [0.25, 0.3) is 0 Å². The Morgan fingerprint density at radius 1 is 1.20 bits per heavy atom. The third-order valence-corrected chi connectivity index (χ3v) is 3.10. The second kappa shape index (κ2) is 5.52. The number of hydrogen-bond donors (Lipinski definition) is 2. The number of carbonyl (C=O) groups is 1. The van der Waals surface area contributed by atoms with Crippen molar-refractivity contribution >= 4 is 23.0 Å². The number of nitrogen functional groups attached to an aromatic ring is 1. The predicted octanol–water partition coefficient (Wildman–Crippen LogP) is 2.74. The molecule has 0 radical (unpaired) electrons. The molecule has 0 bridgehead atoms. The highest BCUT2D eigenvalue weighted by atomic mass is 16.5. The van der Waals surface area contributed by atoms with Crippen LogP contribution in [-0.2, 0) is 0 Å². The van der Waals surface area contributed by atoms with E-state index in [2.05, 4.69) is 0 Å². The van der Waals surface area contributed by atoms with Gasteiger partial charge < -0.3 is 20.5 Å². The summed E-state index contributed by atoms with van der Waals surface area (Å²) in [5, 5.41) is 9.04. The molecule has 0 fully saturated rings. The average molecular weight is 272 g/mol. The Labute approximate surface area is 117 Å². The molecule has 104 valence electrons. The lowest BCUT2D eigenvalue weighted by atomic mass is 10.1. The number of carboxylic acids is 1. The molecule has 0 atom stereocenters. The van der Waals surface area contributed by atoms with Crippen LogP contribution in [0.3, 0.4) is 0 Å². The first-order valence-corrected chi connectivity index (χ1v) is 6.03. The standard InChI is InChI=1S/C15H16N2O3/c1-17(11-4-6-12(20-2)7-5-11)14-9-10(15(18)19)3-8-13(14)16/h3-9H,16H2,1-2H3,(H,18,19). The zero-order valence-corrected chi connectivity index (χ0v) is 11.3. The third-order valence-electron chi connectivity index (χ3n) is 3.10. The van der Waals surface area contributed by atoms with E-state index in [1.807, 2.05) is 36.2 Å². The minimum Gasteiger partial charge on any atom is -0.497 e. The number of rotatable bonds is 4. The van der Waals surface area contributed by atoms with Gasteiger partial charge >= 0.3 is 5.97 Å². The minimum atomic E-state index is -0.977. The molecule has 2 rings (SSSR count). The number of ether oxygens (including phenoxy) is 1. The maximum atomic E-state index is 11.0. The highest BCUT2D eigenvalue weighted by Gasteiger charge is 2.11. The summed E-state index contributed by atoms with van der Waals surface area (Å²) in [7, 11) is 3.44. The molecule has 0 amide bonds. The third kappa shape index (κ3) is 2.66. The summed E-state index contributed by atoms with van der Waals surface area (Å²) >= 11 is 0. The molecule has 0 aliphatic rings. The lowest BCUT2D eigenvalue weighted by Crippen LogP contribution is -2.12. The SMILES string of the molecule is COc1ccc(N(C)c2cc(C(=O)O)ccc2N)cc1. The van der Waals surface area contributed by atoms with E-state index in [-0.39, 0.29) is 5.56 Å². The van der Waals surface area contributed by atoms with E-state index in [9.17, 15) is 4.79 Å². The highest BCUT2D eigenvalue weighted by Crippen LogP contribution is 2.30. The summed E-state index contributed by atoms with van der Waals surface area (Å²) in [6.45, 7) is 0. The summed E-state index contributed by atoms with van der Waals surface area (Å²) in [6.07, 6.45) is 0. The van der Waals surface area contributed by atoms with Crippen LogP contribution < -0.4 is 15.4 Å². The quantitative estimate of drug-likeness (QED) is 0.837. The van der Waals surface area contributed by atoms with Crippen molar-refractivity contribution in [3.05, 3.63) is 48.0 Å². The smallest absolute Gasteiger partial charge is 0.335 e. The molecule has 0 unspecified atom stereocenters. The summed E-state index contributed by atoms with van der Waals surface area (Å²) in [5.74, 6) is -0.219. The first-order valence-electron chi connectivity index (χ1n) is 6.03. The molecule has 0 saturated heterocycles. The van der Waals surface area contributed by atoms with Gasteiger partial charge in [0.2, 0.25) is 0 Å². The van der Waals surface area contributed by atoms with Crippen molar-refractivity contribution in [1.82, 2.24) is 0 Å². The van der Waals surface area contributed by atoms with Gasteiger partial charge in [-0.05, 0) is 42.5 Å². The van der Waals surface area contributed by atoms with Crippen molar-refractivity contribution in [1.29, 1.82) is 0 Å². The molecule has 0 aliphatic heterocycles.